The van der Waals surface area contributed by atoms with E-state index in [-0.39, 0.29) is 47.9 Å². The van der Waals surface area contributed by atoms with E-state index in [9.17, 15) is 46.7 Å². The molecule has 0 atom stereocenters. The second-order valence-electron chi connectivity index (χ2n) is 36.8. The number of nitrogens with one attached hydrogen (secondary N) is 6. The first-order chi connectivity index (χ1) is 68.4. The molecule has 20 heteroatoms. The van der Waals surface area contributed by atoms with E-state index < -0.39 is 11.7 Å². The molecule has 0 amide bonds. The maximum Gasteiger partial charge on any atom is 0.416 e. The normalized spacial score (nSPS) is 15.0. The van der Waals surface area contributed by atoms with Gasteiger partial charge in [0.15, 0.2) is 40.5 Å². The molecule has 0 unspecified atom stereocenters. The minimum Gasteiger partial charge on any atom is -0.316 e. The van der Waals surface area contributed by atoms with Crippen LogP contribution in [0.1, 0.15) is 289 Å². The Morgan fingerprint density at radius 3 is 0.909 bits per heavy atom. The third-order valence-electron chi connectivity index (χ3n) is 26.5. The van der Waals surface area contributed by atoms with Crippen LogP contribution in [0, 0.1) is 13.8 Å². The van der Waals surface area contributed by atoms with Crippen LogP contribution in [0.25, 0.3) is 33.4 Å². The monoisotopic (exact) mass is 2000 g/mol. The number of alkyl halides is 3. The topological polar surface area (TPSA) is 192 Å². The number of Topliss-reactive ketones (excluding diaryl/α,β-unsaturated/α-hetero) is 7. The molecule has 0 spiro atoms. The van der Waals surface area contributed by atoms with E-state index in [1.807, 2.05) is 140 Å². The molecule has 6 N–H and O–H groups in total. The van der Waals surface area contributed by atoms with Crippen LogP contribution >= 0.6 is 46.1 Å². The van der Waals surface area contributed by atoms with Crippen LogP contribution in [0.2, 0.25) is 15.1 Å². The molecule has 1 aliphatic carbocycles. The number of carbonyl (C=O) groups excluding carboxylic acids is 7. The molecule has 0 bridgehead atoms. The van der Waals surface area contributed by atoms with E-state index in [4.69, 9.17) is 34.8 Å². The summed E-state index contributed by atoms with van der Waals surface area (Å²) in [6.07, 6.45) is 15.4. The SMILES string of the molecule is C.CC(=O)c1ccc(C(=C2CCNCC2)c2cc(C)cc(C(F)(F)F)c2)cc1.CC(=O)c1ccc(C(=C2CCNCC2)c2cc(C)cc(Cl)c2)cc1.CC(=O)c1ccc(C(=C2CCNCC2)c2ccc(Cl)cc2Cl)cc1.CC(=O)c1ccc(C(=C2CCNCC2)c2cccc(C(C)=O)c2)cc1.CC(=O)c1ccc(C(=C2CCNCC2)c2cccs2)cc1.CC(=O)c1ccc(C(C2=CCC=C2)=C2CCNCC2)cc1. The number of allylic oxidation sites excluding steroid dienone is 5. The Morgan fingerprint density at radius 1 is 0.287 bits per heavy atom. The summed E-state index contributed by atoms with van der Waals surface area (Å²) in [5.41, 5.74) is 33.6. The van der Waals surface area contributed by atoms with Crippen molar-refractivity contribution in [3.63, 3.8) is 0 Å². The number of carbonyl (C=O) groups is 7. The zero-order chi connectivity index (χ0) is 101. The number of piperidine rings is 6. The molecule has 11 aromatic rings. The van der Waals surface area contributed by atoms with Crippen LogP contribution < -0.4 is 31.9 Å². The van der Waals surface area contributed by atoms with E-state index in [1.165, 1.54) is 90.8 Å². The Kier molecular flexibility index (Phi) is 41.0. The van der Waals surface area contributed by atoms with E-state index >= 15 is 0 Å². The molecule has 0 radical (unpaired) electrons. The number of aryl methyl sites for hydroxylation is 2. The average Bonchev–Trinajstić information content (AvgIpc) is 0.881. The van der Waals surface area contributed by atoms with Gasteiger partial charge in [-0.2, -0.15) is 13.2 Å². The fourth-order valence-electron chi connectivity index (χ4n) is 19.1. The molecule has 10 aromatic carbocycles. The first kappa shape index (κ1) is 110. The Hall–Kier alpha value is -12.1. The highest BCUT2D eigenvalue weighted by molar-refractivity contribution is 7.11. The molecular formula is C123H130Cl3F3N6O7S. The maximum atomic E-state index is 13.3. The third-order valence-corrected chi connectivity index (χ3v) is 28.1. The van der Waals surface area contributed by atoms with Gasteiger partial charge in [0.05, 0.1) is 5.56 Å². The van der Waals surface area contributed by atoms with Crippen molar-refractivity contribution in [2.45, 2.75) is 159 Å². The lowest BCUT2D eigenvalue weighted by atomic mass is 9.87. The van der Waals surface area contributed by atoms with Gasteiger partial charge in [-0.1, -0.05) is 282 Å². The summed E-state index contributed by atoms with van der Waals surface area (Å²) in [6.45, 7) is 26.5. The summed E-state index contributed by atoms with van der Waals surface area (Å²) in [7, 11) is 0. The minimum absolute atomic E-state index is 0. The van der Waals surface area contributed by atoms with Gasteiger partial charge in [0.2, 0.25) is 0 Å². The zero-order valence-electron chi connectivity index (χ0n) is 82.5. The third kappa shape index (κ3) is 30.8. The Bertz CT molecular complexity index is 6590. The molecule has 6 fully saturated rings. The lowest BCUT2D eigenvalue weighted by molar-refractivity contribution is -0.137. The summed E-state index contributed by atoms with van der Waals surface area (Å²) >= 11 is 20.6. The van der Waals surface area contributed by atoms with Gasteiger partial charge in [0, 0.05) is 64.5 Å². The molecular weight excluding hydrogens is 1870 g/mol. The van der Waals surface area contributed by atoms with Crippen molar-refractivity contribution in [1.82, 2.24) is 31.9 Å². The van der Waals surface area contributed by atoms with E-state index in [0.717, 1.165) is 262 Å². The largest absolute Gasteiger partial charge is 0.416 e. The molecule has 18 rings (SSSR count). The molecule has 143 heavy (non-hydrogen) atoms. The smallest absolute Gasteiger partial charge is 0.316 e. The number of hydrogen-bond acceptors (Lipinski definition) is 14. The standard InChI is InChI=1S/C22H22F3NO.C22H23NO2.C21H22ClNO.C20H19Cl2NO.C19H21NO.C18H19NOS.CH4/c1-14-11-19(13-20(12-14)22(23,24)25)21(18-7-9-26-10-8-18)17-5-3-16(4-6-17)15(2)27;1-15(24)17-6-8-18(9-7-17)22(19-10-12-23-13-11-19)21-5-3-4-20(14-21)16(2)25;1-14-11-19(13-20(22)12-14)21(18-7-9-23-10-8-18)17-5-3-16(4-6-17)15(2)24;1-13(24)14-2-4-15(5-3-14)20(16-8-10-23-11-9-16)18-7-6-17(21)12-19(18)22;1-14(21)15-6-8-17(9-7-15)19(16-4-2-3-5-16)18-10-12-20-13-11-18;1-13(20)14-4-6-15(7-5-14)18(17-3-2-12-21-17)16-8-10-19-11-9-16;/h3-6,11-13,26H,7-10H2,1-2H3;3-9,14,23H,10-13H2,1-2H3;3-6,11-13,23H,7-10H2,1-2H3;2-7,12,23H,8-11H2,1H3;2,4-9,20H,3,10-13H2,1H3;2-7,12,19H,8-11H2,1H3;1H4. The van der Waals surface area contributed by atoms with E-state index in [0.29, 0.717) is 26.7 Å². The number of thiophene rings is 1. The molecule has 7 aliphatic rings. The van der Waals surface area contributed by atoms with Crippen LogP contribution in [0.4, 0.5) is 13.2 Å². The first-order valence-corrected chi connectivity index (χ1v) is 51.1. The molecule has 6 aliphatic heterocycles. The van der Waals surface area contributed by atoms with Gasteiger partial charge in [0.1, 0.15) is 0 Å². The number of hydrogen-bond donors (Lipinski definition) is 6. The second kappa shape index (κ2) is 53.5. The van der Waals surface area contributed by atoms with Gasteiger partial charge in [-0.3, -0.25) is 33.6 Å². The van der Waals surface area contributed by atoms with Crippen molar-refractivity contribution < 1.29 is 46.7 Å². The average molecular weight is 2000 g/mol. The van der Waals surface area contributed by atoms with Crippen molar-refractivity contribution in [2.75, 3.05) is 78.5 Å². The van der Waals surface area contributed by atoms with E-state index in [2.05, 4.69) is 123 Å². The maximum absolute atomic E-state index is 13.3. The van der Waals surface area contributed by atoms with Crippen LogP contribution in [0.3, 0.4) is 0 Å². The number of halogens is 6. The highest BCUT2D eigenvalue weighted by Crippen LogP contribution is 2.43. The molecule has 0 saturated carbocycles. The van der Waals surface area contributed by atoms with Crippen molar-refractivity contribution in [1.29, 1.82) is 0 Å². The Balaban J connectivity index is 0.000000153. The lowest BCUT2D eigenvalue weighted by Crippen LogP contribution is -2.24. The van der Waals surface area contributed by atoms with E-state index in [1.54, 1.807) is 84.1 Å². The van der Waals surface area contributed by atoms with Crippen LogP contribution in [-0.4, -0.2) is 119 Å². The van der Waals surface area contributed by atoms with Gasteiger partial charge >= 0.3 is 6.18 Å². The molecule has 6 saturated heterocycles. The van der Waals surface area contributed by atoms with Crippen molar-refractivity contribution in [3.05, 3.63) is 430 Å². The summed E-state index contributed by atoms with van der Waals surface area (Å²) in [4.78, 5) is 82.2. The number of benzene rings is 10. The van der Waals surface area contributed by atoms with Gasteiger partial charge < -0.3 is 31.9 Å². The summed E-state index contributed by atoms with van der Waals surface area (Å²) in [6, 6.07) is 74.9. The summed E-state index contributed by atoms with van der Waals surface area (Å²) < 4.78 is 40.0. The van der Waals surface area contributed by atoms with Gasteiger partial charge in [-0.25, -0.2) is 0 Å². The summed E-state index contributed by atoms with van der Waals surface area (Å²) in [5, 5.41) is 24.5. The molecule has 13 nitrogen and oxygen atoms in total. The molecule has 1 aromatic heterocycles. The molecule has 7 heterocycles. The van der Waals surface area contributed by atoms with Gasteiger partial charge in [-0.05, 0) is 378 Å². The lowest BCUT2D eigenvalue weighted by Gasteiger charge is -2.22. The number of rotatable bonds is 19. The first-order valence-electron chi connectivity index (χ1n) is 49.1. The van der Waals surface area contributed by atoms with Gasteiger partial charge in [-0.15, -0.1) is 11.3 Å². The highest BCUT2D eigenvalue weighted by Gasteiger charge is 2.32. The second-order valence-corrected chi connectivity index (χ2v) is 39.0. The Morgan fingerprint density at radius 2 is 0.587 bits per heavy atom. The van der Waals surface area contributed by atoms with Crippen LogP contribution in [0.5, 0.6) is 0 Å². The fourth-order valence-corrected chi connectivity index (χ4v) is 20.7. The Labute approximate surface area is 860 Å². The highest BCUT2D eigenvalue weighted by atomic mass is 35.5. The minimum atomic E-state index is -4.39. The number of ketones is 7. The predicted molar refractivity (Wildman–Crippen MR) is 586 cm³/mol. The van der Waals surface area contributed by atoms with Gasteiger partial charge in [0.25, 0.3) is 0 Å². The van der Waals surface area contributed by atoms with Crippen molar-refractivity contribution in [3.8, 4) is 0 Å². The van der Waals surface area contributed by atoms with Crippen LogP contribution in [0.15, 0.2) is 299 Å². The van der Waals surface area contributed by atoms with Crippen molar-refractivity contribution in [2.24, 2.45) is 0 Å². The van der Waals surface area contributed by atoms with Crippen molar-refractivity contribution >= 4 is 120 Å². The fraction of sp³-hybridized carbons (Fsp3) is 0.293. The quantitative estimate of drug-likeness (QED) is 0.0420. The predicted octanol–water partition coefficient (Wildman–Crippen LogP) is 28.8. The summed E-state index contributed by atoms with van der Waals surface area (Å²) in [5.74, 6) is 0.516. The van der Waals surface area contributed by atoms with Crippen LogP contribution in [-0.2, 0) is 6.18 Å². The molecule has 742 valence electrons. The zero-order valence-corrected chi connectivity index (χ0v) is 85.6.